The van der Waals surface area contributed by atoms with Crippen molar-refractivity contribution < 1.29 is 4.79 Å². The third kappa shape index (κ3) is 3.26. The molecule has 2 heterocycles. The van der Waals surface area contributed by atoms with Gasteiger partial charge in [-0.05, 0) is 37.5 Å². The summed E-state index contributed by atoms with van der Waals surface area (Å²) in [7, 11) is 0. The Morgan fingerprint density at radius 1 is 1.29 bits per heavy atom. The highest BCUT2D eigenvalue weighted by Gasteiger charge is 2.21. The van der Waals surface area contributed by atoms with E-state index in [2.05, 4.69) is 25.3 Å². The van der Waals surface area contributed by atoms with Gasteiger partial charge in [0.15, 0.2) is 5.65 Å². The first kappa shape index (κ1) is 16.4. The normalized spacial score (nSPS) is 12.3. The first-order valence-electron chi connectivity index (χ1n) is 7.78. The fraction of sp³-hybridized carbons (Fsp3) is 0.294. The van der Waals surface area contributed by atoms with E-state index in [-0.39, 0.29) is 11.2 Å². The van der Waals surface area contributed by atoms with Gasteiger partial charge in [0.05, 0.1) is 11.6 Å². The smallest absolute Gasteiger partial charge is 0.237 e. The number of H-pyrrole nitrogens is 1. The number of thioether (sulfide) groups is 1. The van der Waals surface area contributed by atoms with E-state index in [1.54, 1.807) is 6.33 Å². The average molecular weight is 341 g/mol. The summed E-state index contributed by atoms with van der Waals surface area (Å²) >= 11 is 1.43. The highest BCUT2D eigenvalue weighted by Crippen LogP contribution is 2.29. The van der Waals surface area contributed by atoms with E-state index in [9.17, 15) is 4.79 Å². The number of fused-ring (bicyclic) bond motifs is 1. The van der Waals surface area contributed by atoms with Crippen molar-refractivity contribution in [1.82, 2.24) is 19.9 Å². The Kier molecular flexibility index (Phi) is 4.80. The van der Waals surface area contributed by atoms with Crippen LogP contribution in [-0.2, 0) is 4.79 Å². The van der Waals surface area contributed by atoms with Crippen LogP contribution in [0.3, 0.4) is 0 Å². The quantitative estimate of drug-likeness (QED) is 0.548. The van der Waals surface area contributed by atoms with Gasteiger partial charge in [-0.2, -0.15) is 0 Å². The third-order valence-electron chi connectivity index (χ3n) is 3.97. The van der Waals surface area contributed by atoms with Crippen LogP contribution in [0.15, 0.2) is 35.9 Å². The molecule has 0 fully saturated rings. The molecule has 1 atom stereocenters. The Morgan fingerprint density at radius 2 is 2.12 bits per heavy atom. The number of imidazole rings is 1. The maximum absolute atomic E-state index is 12.7. The zero-order valence-corrected chi connectivity index (χ0v) is 14.6. The van der Waals surface area contributed by atoms with Gasteiger partial charge in [-0.25, -0.2) is 15.0 Å². The highest BCUT2D eigenvalue weighted by atomic mass is 32.2. The number of hydrogen-bond acceptors (Lipinski definition) is 5. The molecular formula is C17H19N5OS. The number of carbonyl (C=O) groups is 1. The zero-order chi connectivity index (χ0) is 17.1. The Balaban J connectivity index is 1.80. The fourth-order valence-corrected chi connectivity index (χ4v) is 3.37. The number of nitrogens with zero attached hydrogens (tertiary/aromatic N) is 3. The molecule has 0 aliphatic carbocycles. The largest absolute Gasteiger partial charge is 0.341 e. The molecule has 2 aromatic heterocycles. The molecule has 7 heteroatoms. The summed E-state index contributed by atoms with van der Waals surface area (Å²) in [4.78, 5) is 28.2. The summed E-state index contributed by atoms with van der Waals surface area (Å²) in [6.07, 6.45) is 3.75. The lowest BCUT2D eigenvalue weighted by Gasteiger charge is -2.16. The van der Waals surface area contributed by atoms with Crippen LogP contribution in [0.2, 0.25) is 0 Å². The lowest BCUT2D eigenvalue weighted by atomic mass is 10.1. The Morgan fingerprint density at radius 3 is 2.92 bits per heavy atom. The molecule has 0 aliphatic rings. The second kappa shape index (κ2) is 7.00. The van der Waals surface area contributed by atoms with E-state index < -0.39 is 0 Å². The van der Waals surface area contributed by atoms with Crippen LogP contribution < -0.4 is 5.32 Å². The van der Waals surface area contributed by atoms with Crippen molar-refractivity contribution in [3.05, 3.63) is 42.0 Å². The van der Waals surface area contributed by atoms with Gasteiger partial charge in [0.1, 0.15) is 16.9 Å². The van der Waals surface area contributed by atoms with Crippen LogP contribution >= 0.6 is 11.8 Å². The van der Waals surface area contributed by atoms with E-state index in [4.69, 9.17) is 0 Å². The van der Waals surface area contributed by atoms with Crippen molar-refractivity contribution in [2.75, 3.05) is 5.32 Å². The maximum Gasteiger partial charge on any atom is 0.237 e. The molecule has 0 aliphatic heterocycles. The van der Waals surface area contributed by atoms with Crippen molar-refractivity contribution in [2.24, 2.45) is 0 Å². The Hall–Kier alpha value is -2.41. The second-order valence-electron chi connectivity index (χ2n) is 5.53. The number of benzene rings is 1. The van der Waals surface area contributed by atoms with E-state index in [1.165, 1.54) is 18.1 Å². The highest BCUT2D eigenvalue weighted by molar-refractivity contribution is 8.00. The SMILES string of the molecule is CC[C@H](Sc1ncnc2nc[nH]c12)C(=O)Nc1cccc(C)c1C. The summed E-state index contributed by atoms with van der Waals surface area (Å²) in [5.74, 6) is -0.0255. The number of hydrogen-bond donors (Lipinski definition) is 2. The lowest BCUT2D eigenvalue weighted by Crippen LogP contribution is -2.25. The first-order valence-corrected chi connectivity index (χ1v) is 8.66. The zero-order valence-electron chi connectivity index (χ0n) is 13.8. The molecule has 24 heavy (non-hydrogen) atoms. The molecule has 0 unspecified atom stereocenters. The van der Waals surface area contributed by atoms with Crippen molar-refractivity contribution in [3.8, 4) is 0 Å². The van der Waals surface area contributed by atoms with Gasteiger partial charge in [0.2, 0.25) is 5.91 Å². The van der Waals surface area contributed by atoms with Crippen molar-refractivity contribution in [3.63, 3.8) is 0 Å². The van der Waals surface area contributed by atoms with Crippen molar-refractivity contribution in [2.45, 2.75) is 37.5 Å². The number of aromatic amines is 1. The van der Waals surface area contributed by atoms with Gasteiger partial charge < -0.3 is 10.3 Å². The van der Waals surface area contributed by atoms with Gasteiger partial charge in [-0.15, -0.1) is 0 Å². The van der Waals surface area contributed by atoms with Gasteiger partial charge in [-0.1, -0.05) is 30.8 Å². The fourth-order valence-electron chi connectivity index (χ4n) is 2.39. The molecule has 0 spiro atoms. The van der Waals surface area contributed by atoms with Crippen molar-refractivity contribution >= 4 is 34.5 Å². The molecule has 124 valence electrons. The summed E-state index contributed by atoms with van der Waals surface area (Å²) in [5.41, 5.74) is 4.47. The van der Waals surface area contributed by atoms with Gasteiger partial charge >= 0.3 is 0 Å². The summed E-state index contributed by atoms with van der Waals surface area (Å²) < 4.78 is 0. The molecule has 0 bridgehead atoms. The second-order valence-corrected chi connectivity index (χ2v) is 6.72. The Bertz CT molecular complexity index is 876. The summed E-state index contributed by atoms with van der Waals surface area (Å²) in [6, 6.07) is 5.91. The molecule has 0 saturated carbocycles. The van der Waals surface area contributed by atoms with Gasteiger partial charge in [0, 0.05) is 5.69 Å². The van der Waals surface area contributed by atoms with Crippen LogP contribution in [0.25, 0.3) is 11.2 Å². The number of anilines is 1. The number of aromatic nitrogens is 4. The number of nitrogens with one attached hydrogen (secondary N) is 2. The minimum atomic E-state index is -0.244. The van der Waals surface area contributed by atoms with Crippen LogP contribution in [0.4, 0.5) is 5.69 Å². The molecule has 2 N–H and O–H groups in total. The summed E-state index contributed by atoms with van der Waals surface area (Å²) in [6.45, 7) is 6.04. The molecular weight excluding hydrogens is 322 g/mol. The molecule has 3 rings (SSSR count). The minimum Gasteiger partial charge on any atom is -0.341 e. The molecule has 0 saturated heterocycles. The number of rotatable bonds is 5. The van der Waals surface area contributed by atoms with E-state index in [1.807, 2.05) is 39.0 Å². The molecule has 1 amide bonds. The summed E-state index contributed by atoms with van der Waals surface area (Å²) in [5, 5.41) is 3.53. The van der Waals surface area contributed by atoms with Gasteiger partial charge in [-0.3, -0.25) is 4.79 Å². The maximum atomic E-state index is 12.7. The average Bonchev–Trinajstić information content (AvgIpc) is 3.06. The number of aryl methyl sites for hydroxylation is 1. The predicted molar refractivity (Wildman–Crippen MR) is 96.2 cm³/mol. The third-order valence-corrected chi connectivity index (χ3v) is 5.33. The molecule has 3 aromatic rings. The minimum absolute atomic E-state index is 0.0255. The lowest BCUT2D eigenvalue weighted by molar-refractivity contribution is -0.115. The first-order chi connectivity index (χ1) is 11.6. The number of amides is 1. The van der Waals surface area contributed by atoms with Crippen molar-refractivity contribution in [1.29, 1.82) is 0 Å². The van der Waals surface area contributed by atoms with Crippen LogP contribution in [0.5, 0.6) is 0 Å². The van der Waals surface area contributed by atoms with E-state index in [0.717, 1.165) is 27.4 Å². The predicted octanol–water partition coefficient (Wildman–Crippen LogP) is 3.48. The number of carbonyl (C=O) groups excluding carboxylic acids is 1. The van der Waals surface area contributed by atoms with Gasteiger partial charge in [0.25, 0.3) is 0 Å². The molecule has 1 aromatic carbocycles. The topological polar surface area (TPSA) is 83.6 Å². The van der Waals surface area contributed by atoms with Crippen LogP contribution in [0.1, 0.15) is 24.5 Å². The standard InChI is InChI=1S/C17H19N5OS/c1-4-13(16(23)22-12-7-5-6-10(2)11(12)3)24-17-14-15(19-8-18-14)20-9-21-17/h5-9,13H,4H2,1-3H3,(H,22,23)(H,18,19,20,21)/t13-/m0/s1. The van der Waals surface area contributed by atoms with E-state index >= 15 is 0 Å². The van der Waals surface area contributed by atoms with E-state index in [0.29, 0.717) is 12.1 Å². The van der Waals surface area contributed by atoms with Crippen LogP contribution in [0, 0.1) is 13.8 Å². The molecule has 0 radical (unpaired) electrons. The monoisotopic (exact) mass is 341 g/mol. The molecule has 6 nitrogen and oxygen atoms in total. The Labute approximate surface area is 144 Å². The van der Waals surface area contributed by atoms with Crippen LogP contribution in [-0.4, -0.2) is 31.1 Å².